The topological polar surface area (TPSA) is 36.4 Å². The minimum atomic E-state index is 0.0483. The van der Waals surface area contributed by atoms with E-state index in [4.69, 9.17) is 0 Å². The summed E-state index contributed by atoms with van der Waals surface area (Å²) in [5, 5.41) is 9.62. The third-order valence-electron chi connectivity index (χ3n) is 4.06. The van der Waals surface area contributed by atoms with E-state index in [1.807, 2.05) is 12.3 Å². The van der Waals surface area contributed by atoms with Crippen LogP contribution in [0.5, 0.6) is 0 Å². The third kappa shape index (κ3) is 3.95. The Morgan fingerprint density at radius 1 is 1.40 bits per heavy atom. The van der Waals surface area contributed by atoms with E-state index in [1.165, 1.54) is 32.1 Å². The molecule has 2 rings (SSSR count). The van der Waals surface area contributed by atoms with Gasteiger partial charge in [0.05, 0.1) is 6.61 Å². The minimum absolute atomic E-state index is 0.0483. The van der Waals surface area contributed by atoms with E-state index >= 15 is 0 Å². The number of hydrogen-bond acceptors (Lipinski definition) is 3. The molecule has 0 bridgehead atoms. The van der Waals surface area contributed by atoms with Gasteiger partial charge in [-0.3, -0.25) is 0 Å². The van der Waals surface area contributed by atoms with Crippen molar-refractivity contribution in [1.82, 2.24) is 4.98 Å². The molecule has 20 heavy (non-hydrogen) atoms. The number of rotatable bonds is 6. The molecule has 4 heteroatoms. The summed E-state index contributed by atoms with van der Waals surface area (Å²) in [5.41, 5.74) is 0.926. The highest BCUT2D eigenvalue weighted by Gasteiger charge is 2.25. The van der Waals surface area contributed by atoms with E-state index in [2.05, 4.69) is 39.7 Å². The van der Waals surface area contributed by atoms with Gasteiger partial charge in [0, 0.05) is 28.8 Å². The van der Waals surface area contributed by atoms with Crippen LogP contribution < -0.4 is 4.90 Å². The Bertz CT molecular complexity index is 430. The number of aliphatic hydroxyl groups excluding tert-OH is 1. The molecule has 1 aromatic heterocycles. The summed E-state index contributed by atoms with van der Waals surface area (Å²) in [6, 6.07) is 2.58. The summed E-state index contributed by atoms with van der Waals surface area (Å²) in [6.45, 7) is 5.60. The maximum Gasteiger partial charge on any atom is 0.134 e. The predicted octanol–water partition coefficient (Wildman–Crippen LogP) is 4.13. The lowest BCUT2D eigenvalue weighted by molar-refractivity contribution is 0.281. The lowest BCUT2D eigenvalue weighted by atomic mass is 10.1. The van der Waals surface area contributed by atoms with E-state index in [9.17, 15) is 5.11 Å². The largest absolute Gasteiger partial charge is 0.392 e. The van der Waals surface area contributed by atoms with Crippen LogP contribution in [0.4, 0.5) is 5.82 Å². The number of pyridine rings is 1. The van der Waals surface area contributed by atoms with E-state index in [1.54, 1.807) is 0 Å². The predicted molar refractivity (Wildman–Crippen MR) is 86.9 cm³/mol. The molecular formula is C16H25BrN2O. The summed E-state index contributed by atoms with van der Waals surface area (Å²) in [7, 11) is 0. The molecule has 0 amide bonds. The molecule has 1 heterocycles. The maximum absolute atomic E-state index is 9.62. The fourth-order valence-corrected chi connectivity index (χ4v) is 3.30. The second kappa shape index (κ2) is 7.41. The van der Waals surface area contributed by atoms with Gasteiger partial charge in [-0.15, -0.1) is 0 Å². The molecule has 0 saturated heterocycles. The van der Waals surface area contributed by atoms with Gasteiger partial charge in [-0.25, -0.2) is 4.98 Å². The van der Waals surface area contributed by atoms with Crippen molar-refractivity contribution in [2.24, 2.45) is 5.92 Å². The summed E-state index contributed by atoms with van der Waals surface area (Å²) in [6.07, 6.45) is 8.13. The van der Waals surface area contributed by atoms with Crippen LogP contribution in [-0.2, 0) is 6.61 Å². The number of nitrogens with zero attached hydrogens (tertiary/aromatic N) is 2. The van der Waals surface area contributed by atoms with Crippen LogP contribution in [-0.4, -0.2) is 22.7 Å². The molecule has 0 spiro atoms. The summed E-state index contributed by atoms with van der Waals surface area (Å²) in [4.78, 5) is 7.03. The number of hydrogen-bond donors (Lipinski definition) is 1. The zero-order valence-corrected chi connectivity index (χ0v) is 14.1. The van der Waals surface area contributed by atoms with Crippen molar-refractivity contribution in [3.05, 3.63) is 22.3 Å². The van der Waals surface area contributed by atoms with Crippen LogP contribution in [0.15, 0.2) is 16.7 Å². The van der Waals surface area contributed by atoms with Gasteiger partial charge in [0.25, 0.3) is 0 Å². The number of aliphatic hydroxyl groups is 1. The van der Waals surface area contributed by atoms with Crippen molar-refractivity contribution in [2.75, 3.05) is 11.4 Å². The Labute approximate surface area is 130 Å². The van der Waals surface area contributed by atoms with Crippen molar-refractivity contribution >= 4 is 21.7 Å². The highest BCUT2D eigenvalue weighted by Crippen LogP contribution is 2.30. The van der Waals surface area contributed by atoms with Crippen LogP contribution >= 0.6 is 15.9 Å². The SMILES string of the molecule is CC(C)CCN(c1ncc(Br)cc1CO)C1CCCC1. The molecule has 0 atom stereocenters. The zero-order valence-electron chi connectivity index (χ0n) is 12.5. The number of anilines is 1. The lowest BCUT2D eigenvalue weighted by Gasteiger charge is -2.32. The Morgan fingerprint density at radius 2 is 2.10 bits per heavy atom. The molecule has 1 aromatic rings. The van der Waals surface area contributed by atoms with Gasteiger partial charge < -0.3 is 10.0 Å². The smallest absolute Gasteiger partial charge is 0.134 e. The summed E-state index contributed by atoms with van der Waals surface area (Å²) < 4.78 is 0.931. The fourth-order valence-electron chi connectivity index (χ4n) is 2.92. The average Bonchev–Trinajstić information content (AvgIpc) is 2.94. The Kier molecular flexibility index (Phi) is 5.85. The normalized spacial score (nSPS) is 16.1. The van der Waals surface area contributed by atoms with Crippen molar-refractivity contribution in [1.29, 1.82) is 0 Å². The third-order valence-corrected chi connectivity index (χ3v) is 4.50. The molecule has 1 N–H and O–H groups in total. The first-order valence-electron chi connectivity index (χ1n) is 7.63. The maximum atomic E-state index is 9.62. The second-order valence-electron chi connectivity index (χ2n) is 6.11. The van der Waals surface area contributed by atoms with E-state index in [-0.39, 0.29) is 6.61 Å². The molecule has 0 aromatic carbocycles. The first-order valence-corrected chi connectivity index (χ1v) is 8.43. The van der Waals surface area contributed by atoms with Gasteiger partial charge in [0.1, 0.15) is 5.82 Å². The molecule has 0 radical (unpaired) electrons. The van der Waals surface area contributed by atoms with Crippen LogP contribution in [0, 0.1) is 5.92 Å². The molecule has 3 nitrogen and oxygen atoms in total. The number of halogens is 1. The summed E-state index contributed by atoms with van der Waals surface area (Å²) in [5.74, 6) is 1.66. The molecule has 1 aliphatic rings. The standard InChI is InChI=1S/C16H25BrN2O/c1-12(2)7-8-19(15-5-3-4-6-15)16-13(11-20)9-14(17)10-18-16/h9-10,12,15,20H,3-8,11H2,1-2H3. The van der Waals surface area contributed by atoms with Gasteiger partial charge in [-0.2, -0.15) is 0 Å². The Morgan fingerprint density at radius 3 is 2.70 bits per heavy atom. The van der Waals surface area contributed by atoms with Crippen LogP contribution in [0.25, 0.3) is 0 Å². The van der Waals surface area contributed by atoms with Gasteiger partial charge in [0.2, 0.25) is 0 Å². The van der Waals surface area contributed by atoms with Gasteiger partial charge >= 0.3 is 0 Å². The van der Waals surface area contributed by atoms with Crippen LogP contribution in [0.3, 0.4) is 0 Å². The highest BCUT2D eigenvalue weighted by atomic mass is 79.9. The molecule has 112 valence electrons. The summed E-state index contributed by atoms with van der Waals surface area (Å²) >= 11 is 3.44. The monoisotopic (exact) mass is 340 g/mol. The van der Waals surface area contributed by atoms with Gasteiger partial charge in [-0.1, -0.05) is 26.7 Å². The van der Waals surface area contributed by atoms with Crippen molar-refractivity contribution in [3.8, 4) is 0 Å². The fraction of sp³-hybridized carbons (Fsp3) is 0.688. The molecule has 1 aliphatic carbocycles. The van der Waals surface area contributed by atoms with Gasteiger partial charge in [0.15, 0.2) is 0 Å². The molecule has 1 fully saturated rings. The molecular weight excluding hydrogens is 316 g/mol. The van der Waals surface area contributed by atoms with Gasteiger partial charge in [-0.05, 0) is 47.2 Å². The zero-order chi connectivity index (χ0) is 14.5. The second-order valence-corrected chi connectivity index (χ2v) is 7.02. The van der Waals surface area contributed by atoms with Crippen molar-refractivity contribution in [2.45, 2.75) is 58.6 Å². The van der Waals surface area contributed by atoms with E-state index in [0.717, 1.165) is 22.4 Å². The first kappa shape index (κ1) is 15.8. The Balaban J connectivity index is 2.24. The lowest BCUT2D eigenvalue weighted by Crippen LogP contribution is -2.36. The van der Waals surface area contributed by atoms with E-state index < -0.39 is 0 Å². The minimum Gasteiger partial charge on any atom is -0.392 e. The van der Waals surface area contributed by atoms with Crippen molar-refractivity contribution < 1.29 is 5.11 Å². The van der Waals surface area contributed by atoms with Crippen LogP contribution in [0.1, 0.15) is 51.5 Å². The quantitative estimate of drug-likeness (QED) is 0.845. The average molecular weight is 341 g/mol. The first-order chi connectivity index (χ1) is 9.61. The number of aromatic nitrogens is 1. The van der Waals surface area contributed by atoms with Crippen molar-refractivity contribution in [3.63, 3.8) is 0 Å². The molecule has 0 aliphatic heterocycles. The Hall–Kier alpha value is -0.610. The van der Waals surface area contributed by atoms with Crippen LogP contribution in [0.2, 0.25) is 0 Å². The molecule has 1 saturated carbocycles. The molecule has 0 unspecified atom stereocenters. The highest BCUT2D eigenvalue weighted by molar-refractivity contribution is 9.10. The van der Waals surface area contributed by atoms with E-state index in [0.29, 0.717) is 12.0 Å².